The highest BCUT2D eigenvalue weighted by atomic mass is 19.1. The number of aromatic amines is 1. The Hall–Kier alpha value is -3.48. The van der Waals surface area contributed by atoms with Gasteiger partial charge in [0.1, 0.15) is 11.6 Å². The van der Waals surface area contributed by atoms with Crippen LogP contribution >= 0.6 is 0 Å². The molecule has 7 heteroatoms. The van der Waals surface area contributed by atoms with Crippen molar-refractivity contribution in [3.63, 3.8) is 0 Å². The average Bonchev–Trinajstić information content (AvgIpc) is 3.05. The molecule has 0 aliphatic heterocycles. The number of nitrogens with one attached hydrogen (secondary N) is 2. The Bertz CT molecular complexity index is 1070. The molecule has 0 spiro atoms. The van der Waals surface area contributed by atoms with E-state index in [0.29, 0.717) is 11.4 Å². The highest BCUT2D eigenvalue weighted by molar-refractivity contribution is 5.96. The van der Waals surface area contributed by atoms with Crippen molar-refractivity contribution in [1.29, 1.82) is 0 Å². The number of anilines is 3. The van der Waals surface area contributed by atoms with E-state index in [9.17, 15) is 4.39 Å². The van der Waals surface area contributed by atoms with Crippen LogP contribution in [0.5, 0.6) is 0 Å². The molecule has 4 rings (SSSR count). The van der Waals surface area contributed by atoms with Gasteiger partial charge in [-0.3, -0.25) is 5.10 Å². The fourth-order valence-corrected chi connectivity index (χ4v) is 2.76. The summed E-state index contributed by atoms with van der Waals surface area (Å²) in [4.78, 5) is 8.03. The topological polar surface area (TPSA) is 92.5 Å². The zero-order chi connectivity index (χ0) is 17.4. The van der Waals surface area contributed by atoms with Crippen LogP contribution in [0.1, 0.15) is 5.56 Å². The number of fused-ring (bicyclic) bond motifs is 1. The van der Waals surface area contributed by atoms with E-state index in [1.54, 1.807) is 31.5 Å². The summed E-state index contributed by atoms with van der Waals surface area (Å²) >= 11 is 0. The summed E-state index contributed by atoms with van der Waals surface area (Å²) in [6.07, 6.45) is 3.33. The molecule has 2 heterocycles. The Kier molecular flexibility index (Phi) is 3.53. The number of nitrogens with two attached hydrogens (primary N) is 1. The lowest BCUT2D eigenvalue weighted by Gasteiger charge is -2.10. The van der Waals surface area contributed by atoms with E-state index in [4.69, 9.17) is 5.73 Å². The largest absolute Gasteiger partial charge is 0.368 e. The molecule has 0 aliphatic rings. The monoisotopic (exact) mass is 334 g/mol. The zero-order valence-corrected chi connectivity index (χ0v) is 13.4. The number of halogens is 1. The van der Waals surface area contributed by atoms with Gasteiger partial charge in [0.15, 0.2) is 0 Å². The number of nitrogen functional groups attached to an aromatic ring is 1. The molecule has 4 N–H and O–H groups in total. The third-order valence-corrected chi connectivity index (χ3v) is 3.96. The number of nitrogens with zero attached hydrogens (tertiary/aromatic N) is 3. The SMILES string of the molecule is Cc1cc(-c2cc(Nc3ccnc(N)n3)cc3cn[nH]c23)ccc1F. The van der Waals surface area contributed by atoms with Crippen LogP contribution in [0.2, 0.25) is 0 Å². The maximum atomic E-state index is 13.6. The molecule has 0 saturated carbocycles. The maximum absolute atomic E-state index is 13.6. The van der Waals surface area contributed by atoms with E-state index in [0.717, 1.165) is 27.7 Å². The molecule has 0 saturated heterocycles. The van der Waals surface area contributed by atoms with Crippen molar-refractivity contribution in [1.82, 2.24) is 20.2 Å². The molecule has 25 heavy (non-hydrogen) atoms. The number of benzene rings is 2. The molecule has 124 valence electrons. The van der Waals surface area contributed by atoms with Gasteiger partial charge in [0.05, 0.1) is 11.7 Å². The van der Waals surface area contributed by atoms with Crippen molar-refractivity contribution in [2.24, 2.45) is 0 Å². The van der Waals surface area contributed by atoms with Gasteiger partial charge in [-0.15, -0.1) is 0 Å². The fourth-order valence-electron chi connectivity index (χ4n) is 2.76. The highest BCUT2D eigenvalue weighted by Crippen LogP contribution is 2.32. The predicted molar refractivity (Wildman–Crippen MR) is 96.0 cm³/mol. The first kappa shape index (κ1) is 15.1. The van der Waals surface area contributed by atoms with Gasteiger partial charge in [-0.25, -0.2) is 9.37 Å². The van der Waals surface area contributed by atoms with Crippen LogP contribution in [0.15, 0.2) is 48.8 Å². The van der Waals surface area contributed by atoms with Crippen molar-refractivity contribution >= 4 is 28.4 Å². The molecular weight excluding hydrogens is 319 g/mol. The number of aryl methyl sites for hydroxylation is 1. The second kappa shape index (κ2) is 5.86. The minimum Gasteiger partial charge on any atom is -0.368 e. The van der Waals surface area contributed by atoms with E-state index in [1.807, 2.05) is 18.2 Å². The number of aromatic nitrogens is 4. The third-order valence-electron chi connectivity index (χ3n) is 3.96. The van der Waals surface area contributed by atoms with Gasteiger partial charge < -0.3 is 11.1 Å². The molecule has 4 aromatic rings. The molecule has 2 aromatic carbocycles. The second-order valence-corrected chi connectivity index (χ2v) is 5.75. The van der Waals surface area contributed by atoms with Crippen molar-refractivity contribution in [2.75, 3.05) is 11.1 Å². The lowest BCUT2D eigenvalue weighted by atomic mass is 10.00. The first-order chi connectivity index (χ1) is 12.1. The first-order valence-corrected chi connectivity index (χ1v) is 7.69. The fraction of sp³-hybridized carbons (Fsp3) is 0.0556. The molecule has 2 aromatic heterocycles. The number of rotatable bonds is 3. The van der Waals surface area contributed by atoms with Gasteiger partial charge >= 0.3 is 0 Å². The van der Waals surface area contributed by atoms with Crippen LogP contribution < -0.4 is 11.1 Å². The Balaban J connectivity index is 1.83. The summed E-state index contributed by atoms with van der Waals surface area (Å²) in [6, 6.07) is 10.7. The molecule has 0 amide bonds. The van der Waals surface area contributed by atoms with Crippen molar-refractivity contribution in [2.45, 2.75) is 6.92 Å². The molecule has 0 atom stereocenters. The van der Waals surface area contributed by atoms with Gasteiger partial charge in [0.2, 0.25) is 5.95 Å². The van der Waals surface area contributed by atoms with E-state index in [1.165, 1.54) is 6.07 Å². The summed E-state index contributed by atoms with van der Waals surface area (Å²) < 4.78 is 13.6. The predicted octanol–water partition coefficient (Wildman–Crippen LogP) is 3.79. The number of H-pyrrole nitrogens is 1. The minimum atomic E-state index is -0.227. The highest BCUT2D eigenvalue weighted by Gasteiger charge is 2.10. The molecule has 0 bridgehead atoms. The Morgan fingerprint density at radius 1 is 1.16 bits per heavy atom. The second-order valence-electron chi connectivity index (χ2n) is 5.75. The third kappa shape index (κ3) is 2.87. The normalized spacial score (nSPS) is 11.0. The summed E-state index contributed by atoms with van der Waals surface area (Å²) in [5.41, 5.74) is 9.75. The van der Waals surface area contributed by atoms with Crippen molar-refractivity contribution in [3.05, 3.63) is 60.2 Å². The van der Waals surface area contributed by atoms with Crippen LogP contribution in [0, 0.1) is 12.7 Å². The number of hydrogen-bond acceptors (Lipinski definition) is 5. The molecule has 0 unspecified atom stereocenters. The van der Waals surface area contributed by atoms with E-state index in [-0.39, 0.29) is 11.8 Å². The first-order valence-electron chi connectivity index (χ1n) is 7.69. The Labute approximate surface area is 142 Å². The van der Waals surface area contributed by atoms with Crippen LogP contribution in [0.4, 0.5) is 21.8 Å². The molecule has 6 nitrogen and oxygen atoms in total. The molecule has 0 radical (unpaired) electrons. The lowest BCUT2D eigenvalue weighted by molar-refractivity contribution is 0.619. The number of hydrogen-bond donors (Lipinski definition) is 3. The van der Waals surface area contributed by atoms with E-state index >= 15 is 0 Å². The van der Waals surface area contributed by atoms with E-state index < -0.39 is 0 Å². The quantitative estimate of drug-likeness (QED) is 0.530. The average molecular weight is 334 g/mol. The zero-order valence-electron chi connectivity index (χ0n) is 13.4. The van der Waals surface area contributed by atoms with Gasteiger partial charge in [-0.1, -0.05) is 6.07 Å². The summed E-state index contributed by atoms with van der Waals surface area (Å²) in [6.45, 7) is 1.74. The van der Waals surface area contributed by atoms with Gasteiger partial charge in [-0.2, -0.15) is 10.1 Å². The Morgan fingerprint density at radius 2 is 2.04 bits per heavy atom. The Morgan fingerprint density at radius 3 is 2.84 bits per heavy atom. The maximum Gasteiger partial charge on any atom is 0.221 e. The standard InChI is InChI=1S/C18H15FN6/c1-10-6-11(2-3-15(10)19)14-8-13(7-12-9-22-25-17(12)14)23-16-4-5-21-18(20)24-16/h2-9H,1H3,(H,22,25)(H3,20,21,23,24). The summed E-state index contributed by atoms with van der Waals surface area (Å²) in [5, 5.41) is 11.3. The van der Waals surface area contributed by atoms with Gasteiger partial charge in [0, 0.05) is 22.8 Å². The summed E-state index contributed by atoms with van der Waals surface area (Å²) in [5.74, 6) is 0.565. The van der Waals surface area contributed by atoms with Crippen LogP contribution in [0.25, 0.3) is 22.0 Å². The minimum absolute atomic E-state index is 0.198. The molecule has 0 aliphatic carbocycles. The van der Waals surface area contributed by atoms with Crippen LogP contribution in [-0.4, -0.2) is 20.2 Å². The van der Waals surface area contributed by atoms with E-state index in [2.05, 4.69) is 25.5 Å². The molecule has 0 fully saturated rings. The smallest absolute Gasteiger partial charge is 0.221 e. The lowest BCUT2D eigenvalue weighted by Crippen LogP contribution is -1.99. The molecular formula is C18H15FN6. The summed E-state index contributed by atoms with van der Waals surface area (Å²) in [7, 11) is 0. The van der Waals surface area contributed by atoms with Crippen molar-refractivity contribution in [3.8, 4) is 11.1 Å². The van der Waals surface area contributed by atoms with Crippen LogP contribution in [0.3, 0.4) is 0 Å². The van der Waals surface area contributed by atoms with Gasteiger partial charge in [0.25, 0.3) is 0 Å². The van der Waals surface area contributed by atoms with Crippen LogP contribution in [-0.2, 0) is 0 Å². The van der Waals surface area contributed by atoms with Crippen molar-refractivity contribution < 1.29 is 4.39 Å². The van der Waals surface area contributed by atoms with Gasteiger partial charge in [-0.05, 0) is 48.4 Å².